The van der Waals surface area contributed by atoms with E-state index in [1.807, 2.05) is 6.92 Å². The topological polar surface area (TPSA) is 47.0 Å². The van der Waals surface area contributed by atoms with Gasteiger partial charge in [-0.15, -0.1) is 11.8 Å². The highest BCUT2D eigenvalue weighted by Crippen LogP contribution is 2.25. The summed E-state index contributed by atoms with van der Waals surface area (Å²) >= 11 is 7.18. The molecule has 0 N–H and O–H groups in total. The Hall–Kier alpha value is -1.13. The monoisotopic (exact) mass is 253 g/mol. The highest BCUT2D eigenvalue weighted by Gasteiger charge is 2.26. The highest BCUT2D eigenvalue weighted by molar-refractivity contribution is 7.99. The maximum absolute atomic E-state index is 11.7. The van der Waals surface area contributed by atoms with Crippen LogP contribution >= 0.6 is 23.4 Å². The smallest absolute Gasteiger partial charge is 0.223 e. The van der Waals surface area contributed by atoms with Gasteiger partial charge in [-0.3, -0.25) is 9.59 Å². The summed E-state index contributed by atoms with van der Waals surface area (Å²) in [6.07, 6.45) is 1.14. The van der Waals surface area contributed by atoms with Crippen LogP contribution in [0.4, 0.5) is 0 Å². The summed E-state index contributed by atoms with van der Waals surface area (Å²) in [7, 11) is 0. The molecule has 1 aromatic rings. The fraction of sp³-hybridized carbons (Fsp3) is 0.182. The number of hydrogen-bond acceptors (Lipinski definition) is 4. The van der Waals surface area contributed by atoms with E-state index in [0.717, 1.165) is 16.9 Å². The number of hydrogen-bond donors (Lipinski definition) is 0. The van der Waals surface area contributed by atoms with Crippen molar-refractivity contribution in [2.45, 2.75) is 11.9 Å². The SMILES string of the molecule is CCSc1ccc2c(n1)C(=O)C(Cl)=CC2=O. The summed E-state index contributed by atoms with van der Waals surface area (Å²) in [6, 6.07) is 3.37. The Morgan fingerprint density at radius 2 is 2.12 bits per heavy atom. The molecule has 1 aliphatic carbocycles. The first-order chi connectivity index (χ1) is 7.63. The molecule has 0 bridgehead atoms. The lowest BCUT2D eigenvalue weighted by Crippen LogP contribution is -2.16. The Balaban J connectivity index is 2.52. The van der Waals surface area contributed by atoms with E-state index < -0.39 is 0 Å². The first-order valence-electron chi connectivity index (χ1n) is 4.73. The average Bonchev–Trinajstić information content (AvgIpc) is 2.26. The third-order valence-corrected chi connectivity index (χ3v) is 3.21. The predicted octanol–water partition coefficient (Wildman–Crippen LogP) is 2.70. The molecule has 0 spiro atoms. The van der Waals surface area contributed by atoms with E-state index in [2.05, 4.69) is 4.98 Å². The molecule has 1 aromatic heterocycles. The number of rotatable bonds is 2. The Morgan fingerprint density at radius 1 is 1.38 bits per heavy atom. The number of halogens is 1. The van der Waals surface area contributed by atoms with Gasteiger partial charge in [-0.05, 0) is 17.9 Å². The van der Waals surface area contributed by atoms with Crippen LogP contribution in [0.2, 0.25) is 0 Å². The Labute approximate surface area is 102 Å². The second-order valence-corrected chi connectivity index (χ2v) is 4.86. The number of carbonyl (C=O) groups is 2. The zero-order chi connectivity index (χ0) is 11.7. The molecule has 0 radical (unpaired) electrons. The van der Waals surface area contributed by atoms with E-state index in [4.69, 9.17) is 11.6 Å². The fourth-order valence-electron chi connectivity index (χ4n) is 1.41. The van der Waals surface area contributed by atoms with Crippen LogP contribution in [0, 0.1) is 0 Å². The van der Waals surface area contributed by atoms with Gasteiger partial charge in [-0.25, -0.2) is 4.98 Å². The van der Waals surface area contributed by atoms with Gasteiger partial charge in [-0.1, -0.05) is 18.5 Å². The van der Waals surface area contributed by atoms with E-state index >= 15 is 0 Å². The predicted molar refractivity (Wildman–Crippen MR) is 63.2 cm³/mol. The Morgan fingerprint density at radius 3 is 2.81 bits per heavy atom. The summed E-state index contributed by atoms with van der Waals surface area (Å²) < 4.78 is 0. The third-order valence-electron chi connectivity index (χ3n) is 2.12. The van der Waals surface area contributed by atoms with Gasteiger partial charge in [0.1, 0.15) is 5.69 Å². The lowest BCUT2D eigenvalue weighted by Gasteiger charge is -2.11. The molecular formula is C11H8ClNO2S. The largest absolute Gasteiger partial charge is 0.289 e. The second kappa shape index (κ2) is 4.39. The van der Waals surface area contributed by atoms with Crippen LogP contribution in [0.1, 0.15) is 27.8 Å². The fourth-order valence-corrected chi connectivity index (χ4v) is 2.22. The van der Waals surface area contributed by atoms with Crippen LogP contribution < -0.4 is 0 Å². The molecule has 0 aromatic carbocycles. The van der Waals surface area contributed by atoms with Crippen molar-refractivity contribution in [3.05, 3.63) is 34.5 Å². The first kappa shape index (κ1) is 11.4. The standard InChI is InChI=1S/C11H8ClNO2S/c1-2-16-9-4-3-6-8(14)5-7(12)11(15)10(6)13-9/h3-5H,2H2,1H3. The summed E-state index contributed by atoms with van der Waals surface area (Å²) in [5, 5.41) is 0.664. The van der Waals surface area contributed by atoms with Crippen LogP contribution in [0.15, 0.2) is 28.3 Å². The molecule has 1 aliphatic rings. The average molecular weight is 254 g/mol. The minimum atomic E-state index is -0.380. The van der Waals surface area contributed by atoms with Crippen molar-refractivity contribution in [3.8, 4) is 0 Å². The van der Waals surface area contributed by atoms with Gasteiger partial charge in [0.05, 0.1) is 15.6 Å². The molecule has 1 heterocycles. The number of Topliss-reactive ketones (excluding diaryl/α,β-unsaturated/α-hetero) is 1. The number of aromatic nitrogens is 1. The van der Waals surface area contributed by atoms with Crippen molar-refractivity contribution in [2.24, 2.45) is 0 Å². The number of fused-ring (bicyclic) bond motifs is 1. The van der Waals surface area contributed by atoms with Crippen molar-refractivity contribution in [3.63, 3.8) is 0 Å². The van der Waals surface area contributed by atoms with Gasteiger partial charge in [0.15, 0.2) is 5.78 Å². The van der Waals surface area contributed by atoms with Crippen LogP contribution in [-0.4, -0.2) is 22.3 Å². The molecule has 82 valence electrons. The van der Waals surface area contributed by atoms with Crippen molar-refractivity contribution in [2.75, 3.05) is 5.75 Å². The van der Waals surface area contributed by atoms with Gasteiger partial charge in [-0.2, -0.15) is 0 Å². The number of pyridine rings is 1. The lowest BCUT2D eigenvalue weighted by atomic mass is 10.0. The molecule has 2 rings (SSSR count). The first-order valence-corrected chi connectivity index (χ1v) is 6.10. The van der Waals surface area contributed by atoms with Crippen molar-refractivity contribution in [1.29, 1.82) is 0 Å². The number of thioether (sulfide) groups is 1. The van der Waals surface area contributed by atoms with Crippen LogP contribution in [0.5, 0.6) is 0 Å². The molecule has 0 aliphatic heterocycles. The summed E-state index contributed by atoms with van der Waals surface area (Å²) in [6.45, 7) is 1.99. The van der Waals surface area contributed by atoms with Crippen LogP contribution in [0.3, 0.4) is 0 Å². The number of ketones is 2. The zero-order valence-electron chi connectivity index (χ0n) is 8.49. The lowest BCUT2D eigenvalue weighted by molar-refractivity contribution is 0.0986. The normalized spacial score (nSPS) is 14.8. The van der Waals surface area contributed by atoms with Crippen molar-refractivity contribution >= 4 is 34.9 Å². The van der Waals surface area contributed by atoms with Gasteiger partial charge < -0.3 is 0 Å². The molecule has 3 nitrogen and oxygen atoms in total. The number of nitrogens with zero attached hydrogens (tertiary/aromatic N) is 1. The van der Waals surface area contributed by atoms with Gasteiger partial charge in [0.25, 0.3) is 0 Å². The van der Waals surface area contributed by atoms with Crippen molar-refractivity contribution < 1.29 is 9.59 Å². The highest BCUT2D eigenvalue weighted by atomic mass is 35.5. The summed E-state index contributed by atoms with van der Waals surface area (Å²) in [5.74, 6) is 0.215. The molecule has 5 heteroatoms. The molecule has 0 amide bonds. The zero-order valence-corrected chi connectivity index (χ0v) is 10.1. The molecule has 0 fully saturated rings. The minimum absolute atomic E-state index is 0.0661. The van der Waals surface area contributed by atoms with E-state index in [0.29, 0.717) is 5.56 Å². The molecular weight excluding hydrogens is 246 g/mol. The molecule has 0 atom stereocenters. The third kappa shape index (κ3) is 1.90. The van der Waals surface area contributed by atoms with Crippen molar-refractivity contribution in [1.82, 2.24) is 4.98 Å². The maximum Gasteiger partial charge on any atom is 0.223 e. The summed E-state index contributed by atoms with van der Waals surface area (Å²) in [4.78, 5) is 27.4. The Kier molecular flexibility index (Phi) is 3.12. The van der Waals surface area contributed by atoms with E-state index in [9.17, 15) is 9.59 Å². The second-order valence-electron chi connectivity index (χ2n) is 3.16. The van der Waals surface area contributed by atoms with E-state index in [-0.39, 0.29) is 22.3 Å². The summed E-state index contributed by atoms with van der Waals surface area (Å²) in [5.41, 5.74) is 0.491. The molecule has 0 saturated carbocycles. The van der Waals surface area contributed by atoms with E-state index in [1.165, 1.54) is 11.8 Å². The van der Waals surface area contributed by atoms with E-state index in [1.54, 1.807) is 12.1 Å². The van der Waals surface area contributed by atoms with Gasteiger partial charge in [0.2, 0.25) is 5.78 Å². The minimum Gasteiger partial charge on any atom is -0.289 e. The molecule has 0 saturated heterocycles. The van der Waals surface area contributed by atoms with Crippen LogP contribution in [0.25, 0.3) is 0 Å². The van der Waals surface area contributed by atoms with Gasteiger partial charge in [0, 0.05) is 6.08 Å². The molecule has 0 unspecified atom stereocenters. The number of allylic oxidation sites excluding steroid dienone is 2. The molecule has 16 heavy (non-hydrogen) atoms. The maximum atomic E-state index is 11.7. The quantitative estimate of drug-likeness (QED) is 0.761. The van der Waals surface area contributed by atoms with Crippen LogP contribution in [-0.2, 0) is 0 Å². The Bertz CT molecular complexity index is 511. The van der Waals surface area contributed by atoms with Gasteiger partial charge >= 0.3 is 0 Å². The number of carbonyl (C=O) groups excluding carboxylic acids is 2.